The zero-order valence-corrected chi connectivity index (χ0v) is 9.54. The highest BCUT2D eigenvalue weighted by Crippen LogP contribution is 2.49. The van der Waals surface area contributed by atoms with Crippen LogP contribution < -0.4 is 0 Å². The van der Waals surface area contributed by atoms with Crippen molar-refractivity contribution in [2.24, 2.45) is 11.8 Å². The molecule has 1 nitrogen and oxygen atoms in total. The van der Waals surface area contributed by atoms with Gasteiger partial charge < -0.3 is 5.11 Å². The topological polar surface area (TPSA) is 20.2 Å². The second kappa shape index (κ2) is 4.13. The second-order valence-electron chi connectivity index (χ2n) is 5.19. The Labute approximate surface area is 92.9 Å². The minimum absolute atomic E-state index is 0.474. The van der Waals surface area contributed by atoms with Gasteiger partial charge >= 0.3 is 0 Å². The van der Waals surface area contributed by atoms with Crippen LogP contribution in [0.5, 0.6) is 0 Å². The summed E-state index contributed by atoms with van der Waals surface area (Å²) in [5.41, 5.74) is 0.558. The molecule has 0 heterocycles. The van der Waals surface area contributed by atoms with Crippen LogP contribution in [-0.2, 0) is 0 Å². The van der Waals surface area contributed by atoms with E-state index in [1.807, 2.05) is 6.08 Å². The first-order chi connectivity index (χ1) is 7.18. The van der Waals surface area contributed by atoms with Crippen molar-refractivity contribution in [2.45, 2.75) is 50.5 Å². The molecule has 0 saturated heterocycles. The molecule has 2 rings (SSSR count). The van der Waals surface area contributed by atoms with Crippen molar-refractivity contribution in [3.63, 3.8) is 0 Å². The van der Waals surface area contributed by atoms with Crippen LogP contribution in [0.2, 0.25) is 0 Å². The lowest BCUT2D eigenvalue weighted by atomic mass is 9.61. The first kappa shape index (κ1) is 10.9. The maximum Gasteiger partial charge on any atom is 0.0884 e. The van der Waals surface area contributed by atoms with Crippen LogP contribution >= 0.6 is 0 Å². The van der Waals surface area contributed by atoms with Gasteiger partial charge in [-0.25, -0.2) is 0 Å². The van der Waals surface area contributed by atoms with Gasteiger partial charge in [-0.3, -0.25) is 0 Å². The van der Waals surface area contributed by atoms with Crippen LogP contribution in [-0.4, -0.2) is 10.7 Å². The van der Waals surface area contributed by atoms with Gasteiger partial charge in [0.15, 0.2) is 0 Å². The Bertz CT molecular complexity index is 269. The molecule has 1 N–H and O–H groups in total. The highest BCUT2D eigenvalue weighted by Gasteiger charge is 2.45. The second-order valence-corrected chi connectivity index (χ2v) is 5.19. The molecule has 15 heavy (non-hydrogen) atoms. The van der Waals surface area contributed by atoms with E-state index in [0.29, 0.717) is 11.8 Å². The monoisotopic (exact) mass is 206 g/mol. The van der Waals surface area contributed by atoms with Crippen LogP contribution in [0.4, 0.5) is 0 Å². The number of aliphatic hydroxyl groups is 1. The van der Waals surface area contributed by atoms with Gasteiger partial charge in [0.05, 0.1) is 5.60 Å². The maximum atomic E-state index is 10.7. The van der Waals surface area contributed by atoms with Crippen molar-refractivity contribution < 1.29 is 5.11 Å². The minimum Gasteiger partial charge on any atom is -0.385 e. The van der Waals surface area contributed by atoms with E-state index in [2.05, 4.69) is 13.2 Å². The fraction of sp³-hybridized carbons (Fsp3) is 0.714. The lowest BCUT2D eigenvalue weighted by molar-refractivity contribution is -0.0434. The van der Waals surface area contributed by atoms with Gasteiger partial charge in [0, 0.05) is 0 Å². The predicted molar refractivity (Wildman–Crippen MR) is 63.6 cm³/mol. The normalized spacial score (nSPS) is 41.0. The summed E-state index contributed by atoms with van der Waals surface area (Å²) in [5.74, 6) is 0.960. The fourth-order valence-corrected chi connectivity index (χ4v) is 3.43. The summed E-state index contributed by atoms with van der Waals surface area (Å²) in [6.45, 7) is 7.97. The third kappa shape index (κ3) is 1.78. The van der Waals surface area contributed by atoms with Gasteiger partial charge in [0.2, 0.25) is 0 Å². The first-order valence-electron chi connectivity index (χ1n) is 6.21. The number of rotatable bonds is 2. The van der Waals surface area contributed by atoms with Crippen molar-refractivity contribution >= 4 is 0 Å². The summed E-state index contributed by atoms with van der Waals surface area (Å²) in [4.78, 5) is 0. The van der Waals surface area contributed by atoms with E-state index in [1.165, 1.54) is 25.7 Å². The molecule has 1 heteroatoms. The molecule has 0 amide bonds. The van der Waals surface area contributed by atoms with E-state index in [9.17, 15) is 5.11 Å². The summed E-state index contributed by atoms with van der Waals surface area (Å²) in [6, 6.07) is 0. The quantitative estimate of drug-likeness (QED) is 0.686. The zero-order valence-electron chi connectivity index (χ0n) is 9.54. The molecule has 0 bridgehead atoms. The highest BCUT2D eigenvalue weighted by atomic mass is 16.3. The molecule has 0 aliphatic heterocycles. The van der Waals surface area contributed by atoms with Crippen molar-refractivity contribution in [2.75, 3.05) is 0 Å². The number of allylic oxidation sites excluding steroid dienone is 1. The number of hydrogen-bond donors (Lipinski definition) is 1. The van der Waals surface area contributed by atoms with Crippen LogP contribution in [0, 0.1) is 11.8 Å². The smallest absolute Gasteiger partial charge is 0.0884 e. The Morgan fingerprint density at radius 2 is 2.13 bits per heavy atom. The predicted octanol–water partition coefficient (Wildman–Crippen LogP) is 3.45. The summed E-state index contributed by atoms with van der Waals surface area (Å²) in [7, 11) is 0. The van der Waals surface area contributed by atoms with Gasteiger partial charge in [-0.2, -0.15) is 0 Å². The van der Waals surface area contributed by atoms with Crippen LogP contribution in [0.1, 0.15) is 44.9 Å². The minimum atomic E-state index is -0.538. The Morgan fingerprint density at radius 1 is 1.33 bits per heavy atom. The van der Waals surface area contributed by atoms with E-state index in [1.54, 1.807) is 0 Å². The molecule has 0 aromatic heterocycles. The number of hydrogen-bond acceptors (Lipinski definition) is 1. The molecule has 84 valence electrons. The SMILES string of the molecule is C=CC[C@H]1CC[C@@H]2CCCC[C@@]2(O)C1=C. The summed E-state index contributed by atoms with van der Waals surface area (Å²) < 4.78 is 0. The molecule has 0 aromatic rings. The van der Waals surface area contributed by atoms with Gasteiger partial charge in [-0.15, -0.1) is 6.58 Å². The molecule has 3 atom stereocenters. The Balaban J connectivity index is 2.16. The van der Waals surface area contributed by atoms with E-state index in [-0.39, 0.29) is 0 Å². The molecule has 2 aliphatic carbocycles. The van der Waals surface area contributed by atoms with Crippen molar-refractivity contribution in [3.05, 3.63) is 24.8 Å². The van der Waals surface area contributed by atoms with Gasteiger partial charge in [-0.05, 0) is 49.5 Å². The average Bonchev–Trinajstić information content (AvgIpc) is 2.24. The summed E-state index contributed by atoms with van der Waals surface area (Å²) in [5, 5.41) is 10.7. The molecule has 0 aromatic carbocycles. The summed E-state index contributed by atoms with van der Waals surface area (Å²) >= 11 is 0. The molecule has 2 saturated carbocycles. The molecule has 2 fully saturated rings. The third-order valence-electron chi connectivity index (χ3n) is 4.40. The molecular formula is C14H22O. The van der Waals surface area contributed by atoms with Crippen LogP contribution in [0.25, 0.3) is 0 Å². The Morgan fingerprint density at radius 3 is 2.87 bits per heavy atom. The van der Waals surface area contributed by atoms with Crippen molar-refractivity contribution in [3.8, 4) is 0 Å². The van der Waals surface area contributed by atoms with Crippen LogP contribution in [0.3, 0.4) is 0 Å². The molecule has 0 unspecified atom stereocenters. The molecule has 2 aliphatic rings. The Hall–Kier alpha value is -0.560. The van der Waals surface area contributed by atoms with Gasteiger partial charge in [-0.1, -0.05) is 25.5 Å². The standard InChI is InChI=1S/C14H22O/c1-3-6-12-8-9-13-7-4-5-10-14(13,15)11(12)2/h3,12-13,15H,1-2,4-10H2/t12-,13-,14+/m0/s1. The van der Waals surface area contributed by atoms with E-state index >= 15 is 0 Å². The molecular weight excluding hydrogens is 184 g/mol. The lowest BCUT2D eigenvalue weighted by Gasteiger charge is -2.48. The largest absolute Gasteiger partial charge is 0.385 e. The van der Waals surface area contributed by atoms with E-state index in [0.717, 1.165) is 24.8 Å². The molecule has 0 spiro atoms. The first-order valence-corrected chi connectivity index (χ1v) is 6.21. The lowest BCUT2D eigenvalue weighted by Crippen LogP contribution is -2.47. The molecule has 0 radical (unpaired) electrons. The van der Waals surface area contributed by atoms with Crippen molar-refractivity contribution in [1.82, 2.24) is 0 Å². The van der Waals surface area contributed by atoms with Crippen molar-refractivity contribution in [1.29, 1.82) is 0 Å². The zero-order chi connectivity index (χ0) is 10.9. The average molecular weight is 206 g/mol. The van der Waals surface area contributed by atoms with E-state index < -0.39 is 5.60 Å². The van der Waals surface area contributed by atoms with Crippen LogP contribution in [0.15, 0.2) is 24.8 Å². The Kier molecular flexibility index (Phi) is 3.01. The van der Waals surface area contributed by atoms with E-state index in [4.69, 9.17) is 0 Å². The van der Waals surface area contributed by atoms with Gasteiger partial charge in [0.25, 0.3) is 0 Å². The van der Waals surface area contributed by atoms with Gasteiger partial charge in [0.1, 0.15) is 0 Å². The maximum absolute atomic E-state index is 10.7. The number of fused-ring (bicyclic) bond motifs is 1. The highest BCUT2D eigenvalue weighted by molar-refractivity contribution is 5.22. The fourth-order valence-electron chi connectivity index (χ4n) is 3.43. The third-order valence-corrected chi connectivity index (χ3v) is 4.40. The summed E-state index contributed by atoms with van der Waals surface area (Å²) in [6.07, 6.45) is 9.88.